The van der Waals surface area contributed by atoms with Crippen LogP contribution in [0, 0.1) is 6.92 Å². The van der Waals surface area contributed by atoms with Crippen molar-refractivity contribution in [3.63, 3.8) is 0 Å². The summed E-state index contributed by atoms with van der Waals surface area (Å²) in [6, 6.07) is 18.2. The Morgan fingerprint density at radius 1 is 0.946 bits per heavy atom. The summed E-state index contributed by atoms with van der Waals surface area (Å²) in [6.07, 6.45) is 0.144. The Bertz CT molecular complexity index is 1470. The van der Waals surface area contributed by atoms with E-state index in [9.17, 15) is 9.59 Å². The van der Waals surface area contributed by atoms with Crippen LogP contribution in [0.3, 0.4) is 0 Å². The molecule has 1 amide bonds. The largest absolute Gasteiger partial charge is 0.467 e. The third-order valence-electron chi connectivity index (χ3n) is 5.77. The molecule has 6 nitrogen and oxygen atoms in total. The van der Waals surface area contributed by atoms with Gasteiger partial charge in [-0.15, -0.1) is 0 Å². The minimum Gasteiger partial charge on any atom is -0.467 e. The maximum absolute atomic E-state index is 13.5. The fourth-order valence-corrected chi connectivity index (χ4v) is 4.76. The van der Waals surface area contributed by atoms with Crippen molar-refractivity contribution in [2.75, 3.05) is 7.11 Å². The third-order valence-corrected chi connectivity index (χ3v) is 6.92. The summed E-state index contributed by atoms with van der Waals surface area (Å²) in [4.78, 5) is 26.0. The number of nitrogens with zero attached hydrogens (tertiary/aromatic N) is 2. The predicted octanol–water partition coefficient (Wildman–Crippen LogP) is 6.98. The quantitative estimate of drug-likeness (QED) is 0.241. The fourth-order valence-electron chi connectivity index (χ4n) is 3.93. The van der Waals surface area contributed by atoms with Crippen molar-refractivity contribution in [1.82, 2.24) is 15.1 Å². The second-order valence-corrected chi connectivity index (χ2v) is 9.87. The number of benzene rings is 3. The molecule has 0 unspecified atom stereocenters. The SMILES string of the molecule is COC(=O)[C@@H](Cc1ccccc1Cl)NC(=O)c1nn(-c2ccc(Cl)cc2Cl)c(-c2ccc(Cl)cc2)c1C. The van der Waals surface area contributed by atoms with Gasteiger partial charge in [0, 0.05) is 32.6 Å². The highest BCUT2D eigenvalue weighted by atomic mass is 35.5. The number of ether oxygens (including phenoxy) is 1. The number of hydrogen-bond acceptors (Lipinski definition) is 4. The van der Waals surface area contributed by atoms with Gasteiger partial charge in [0.2, 0.25) is 0 Å². The smallest absolute Gasteiger partial charge is 0.328 e. The molecule has 0 saturated heterocycles. The molecule has 0 spiro atoms. The summed E-state index contributed by atoms with van der Waals surface area (Å²) < 4.78 is 6.51. The fraction of sp³-hybridized carbons (Fsp3) is 0.148. The zero-order valence-corrected chi connectivity index (χ0v) is 22.8. The molecular weight excluding hydrogens is 556 g/mol. The van der Waals surface area contributed by atoms with Crippen molar-refractivity contribution in [1.29, 1.82) is 0 Å². The van der Waals surface area contributed by atoms with E-state index in [2.05, 4.69) is 10.4 Å². The Kier molecular flexibility index (Phi) is 8.45. The van der Waals surface area contributed by atoms with Gasteiger partial charge in [-0.1, -0.05) is 76.7 Å². The summed E-state index contributed by atoms with van der Waals surface area (Å²) in [5.41, 5.74) is 3.30. The van der Waals surface area contributed by atoms with Crippen LogP contribution in [0.15, 0.2) is 66.7 Å². The number of methoxy groups -OCH3 is 1. The minimum absolute atomic E-state index is 0.115. The van der Waals surface area contributed by atoms with Gasteiger partial charge in [0.15, 0.2) is 5.69 Å². The molecule has 0 radical (unpaired) electrons. The van der Waals surface area contributed by atoms with Crippen molar-refractivity contribution in [2.45, 2.75) is 19.4 Å². The summed E-state index contributed by atoms with van der Waals surface area (Å²) in [7, 11) is 1.26. The maximum Gasteiger partial charge on any atom is 0.328 e. The van der Waals surface area contributed by atoms with E-state index in [1.54, 1.807) is 66.2 Å². The van der Waals surface area contributed by atoms with E-state index < -0.39 is 17.9 Å². The molecule has 4 rings (SSSR count). The van der Waals surface area contributed by atoms with Crippen molar-refractivity contribution in [3.05, 3.63) is 104 Å². The number of amides is 1. The standard InChI is InChI=1S/C27H21Cl4N3O3/c1-15-24(26(35)32-22(27(36)37-2)13-17-5-3-4-6-20(17)30)33-34(23-12-11-19(29)14-21(23)31)25(15)16-7-9-18(28)10-8-16/h3-12,14,22H,13H2,1-2H3,(H,32,35)/t22-/m1/s1. The van der Waals surface area contributed by atoms with Gasteiger partial charge in [-0.05, 0) is 48.9 Å². The Morgan fingerprint density at radius 3 is 2.27 bits per heavy atom. The second-order valence-electron chi connectivity index (χ2n) is 8.18. The molecule has 0 aliphatic carbocycles. The van der Waals surface area contributed by atoms with E-state index in [4.69, 9.17) is 51.1 Å². The lowest BCUT2D eigenvalue weighted by Crippen LogP contribution is -2.43. The molecule has 1 atom stereocenters. The van der Waals surface area contributed by atoms with Crippen LogP contribution in [-0.4, -0.2) is 34.8 Å². The van der Waals surface area contributed by atoms with Gasteiger partial charge in [0.25, 0.3) is 5.91 Å². The normalized spacial score (nSPS) is 11.7. The number of hydrogen-bond donors (Lipinski definition) is 1. The van der Waals surface area contributed by atoms with Crippen molar-refractivity contribution >= 4 is 58.3 Å². The Balaban J connectivity index is 1.77. The minimum atomic E-state index is -0.986. The zero-order chi connectivity index (χ0) is 26.7. The van der Waals surface area contributed by atoms with Crippen LogP contribution in [0.1, 0.15) is 21.6 Å². The Labute approximate surface area is 234 Å². The lowest BCUT2D eigenvalue weighted by molar-refractivity contribution is -0.142. The molecule has 0 aliphatic rings. The van der Waals surface area contributed by atoms with Crippen molar-refractivity contribution < 1.29 is 14.3 Å². The Morgan fingerprint density at radius 2 is 1.62 bits per heavy atom. The molecule has 0 aliphatic heterocycles. The molecule has 1 N–H and O–H groups in total. The lowest BCUT2D eigenvalue weighted by atomic mass is 10.0. The molecule has 0 bridgehead atoms. The van der Waals surface area contributed by atoms with Gasteiger partial charge in [-0.25, -0.2) is 9.48 Å². The van der Waals surface area contributed by atoms with Gasteiger partial charge in [-0.3, -0.25) is 4.79 Å². The summed E-state index contributed by atoms with van der Waals surface area (Å²) in [6.45, 7) is 1.77. The van der Waals surface area contributed by atoms with Crippen LogP contribution in [0.25, 0.3) is 16.9 Å². The molecule has 0 fully saturated rings. The molecule has 190 valence electrons. The van der Waals surface area contributed by atoms with Crippen LogP contribution >= 0.6 is 46.4 Å². The number of carbonyl (C=O) groups is 2. The van der Waals surface area contributed by atoms with E-state index in [1.165, 1.54) is 7.11 Å². The topological polar surface area (TPSA) is 73.2 Å². The molecule has 3 aromatic carbocycles. The summed E-state index contributed by atoms with van der Waals surface area (Å²) in [5.74, 6) is -1.16. The Hall–Kier alpha value is -3.03. The average Bonchev–Trinajstić information content (AvgIpc) is 3.21. The first-order valence-electron chi connectivity index (χ1n) is 11.1. The number of carbonyl (C=O) groups excluding carboxylic acids is 2. The third kappa shape index (κ3) is 5.94. The van der Waals surface area contributed by atoms with Crippen molar-refractivity contribution in [3.8, 4) is 16.9 Å². The van der Waals surface area contributed by atoms with E-state index in [1.807, 2.05) is 12.1 Å². The molecule has 37 heavy (non-hydrogen) atoms. The van der Waals surface area contributed by atoms with Crippen LogP contribution in [0.4, 0.5) is 0 Å². The first-order valence-corrected chi connectivity index (χ1v) is 12.6. The number of halogens is 4. The molecule has 10 heteroatoms. The number of aromatic nitrogens is 2. The van der Waals surface area contributed by atoms with Gasteiger partial charge >= 0.3 is 5.97 Å². The number of rotatable bonds is 7. The van der Waals surface area contributed by atoms with Gasteiger partial charge in [-0.2, -0.15) is 5.10 Å². The highest BCUT2D eigenvalue weighted by Crippen LogP contribution is 2.33. The van der Waals surface area contributed by atoms with E-state index >= 15 is 0 Å². The van der Waals surface area contributed by atoms with Gasteiger partial charge < -0.3 is 10.1 Å². The van der Waals surface area contributed by atoms with Crippen LogP contribution in [-0.2, 0) is 16.0 Å². The van der Waals surface area contributed by atoms with E-state index in [0.717, 1.165) is 5.56 Å². The predicted molar refractivity (Wildman–Crippen MR) is 147 cm³/mol. The van der Waals surface area contributed by atoms with Crippen LogP contribution < -0.4 is 5.32 Å². The number of esters is 1. The van der Waals surface area contributed by atoms with Gasteiger partial charge in [0.1, 0.15) is 6.04 Å². The summed E-state index contributed by atoms with van der Waals surface area (Å²) >= 11 is 25.0. The van der Waals surface area contributed by atoms with E-state index in [-0.39, 0.29) is 12.1 Å². The molecular formula is C27H21Cl4N3O3. The first kappa shape index (κ1) is 27.0. The van der Waals surface area contributed by atoms with Crippen LogP contribution in [0.2, 0.25) is 20.1 Å². The zero-order valence-electron chi connectivity index (χ0n) is 19.8. The van der Waals surface area contributed by atoms with E-state index in [0.29, 0.717) is 42.6 Å². The van der Waals surface area contributed by atoms with Gasteiger partial charge in [0.05, 0.1) is 23.5 Å². The molecule has 4 aromatic rings. The first-order chi connectivity index (χ1) is 17.7. The molecule has 1 heterocycles. The molecule has 0 saturated carbocycles. The van der Waals surface area contributed by atoms with Crippen molar-refractivity contribution in [2.24, 2.45) is 0 Å². The number of nitrogens with one attached hydrogen (secondary N) is 1. The highest BCUT2D eigenvalue weighted by Gasteiger charge is 2.28. The van der Waals surface area contributed by atoms with Crippen LogP contribution in [0.5, 0.6) is 0 Å². The maximum atomic E-state index is 13.5. The lowest BCUT2D eigenvalue weighted by Gasteiger charge is -2.17. The molecule has 1 aromatic heterocycles. The average molecular weight is 577 g/mol. The summed E-state index contributed by atoms with van der Waals surface area (Å²) in [5, 5.41) is 9.21. The second kappa shape index (κ2) is 11.6. The monoisotopic (exact) mass is 575 g/mol. The highest BCUT2D eigenvalue weighted by molar-refractivity contribution is 6.35.